The second-order valence-electron chi connectivity index (χ2n) is 5.46. The molecule has 1 unspecified atom stereocenters. The summed E-state index contributed by atoms with van der Waals surface area (Å²) in [4.78, 5) is 14.7. The van der Waals surface area contributed by atoms with Crippen molar-refractivity contribution in [2.45, 2.75) is 26.4 Å². The minimum Gasteiger partial charge on any atom is -0.480 e. The van der Waals surface area contributed by atoms with Gasteiger partial charge in [-0.2, -0.15) is 0 Å². The van der Waals surface area contributed by atoms with E-state index in [1.165, 1.54) is 0 Å². The maximum atomic E-state index is 10.6. The van der Waals surface area contributed by atoms with Gasteiger partial charge in [-0.3, -0.25) is 14.6 Å². The van der Waals surface area contributed by atoms with Gasteiger partial charge in [0.25, 0.3) is 0 Å². The van der Waals surface area contributed by atoms with Crippen LogP contribution in [0, 0.1) is 5.92 Å². The van der Waals surface area contributed by atoms with E-state index in [1.807, 2.05) is 25.7 Å². The van der Waals surface area contributed by atoms with E-state index in [0.717, 1.165) is 26.2 Å². The highest BCUT2D eigenvalue weighted by atomic mass is 16.4. The molecule has 1 aliphatic heterocycles. The fourth-order valence-corrected chi connectivity index (χ4v) is 1.93. The van der Waals surface area contributed by atoms with Gasteiger partial charge in [0.1, 0.15) is 0 Å². The van der Waals surface area contributed by atoms with E-state index in [4.69, 9.17) is 5.11 Å². The molecule has 1 fully saturated rings. The quantitative estimate of drug-likeness (QED) is 0.718. The van der Waals surface area contributed by atoms with Gasteiger partial charge in [0.2, 0.25) is 0 Å². The summed E-state index contributed by atoms with van der Waals surface area (Å²) in [6.07, 6.45) is 0. The molecular weight excluding hydrogens is 220 g/mol. The summed E-state index contributed by atoms with van der Waals surface area (Å²) in [6.45, 7) is 9.86. The zero-order valence-corrected chi connectivity index (χ0v) is 11.0. The van der Waals surface area contributed by atoms with Crippen molar-refractivity contribution in [3.63, 3.8) is 0 Å². The van der Waals surface area contributed by atoms with Crippen LogP contribution in [0.3, 0.4) is 0 Å². The third-order valence-electron chi connectivity index (χ3n) is 3.61. The van der Waals surface area contributed by atoms with Crippen molar-refractivity contribution in [2.24, 2.45) is 5.92 Å². The standard InChI is InChI=1S/C12H24N2O3/c1-10(2)12(3,17)9-14-6-4-13(5-7-14)8-11(15)16/h10,17H,4-9H2,1-3H3,(H,15,16). The van der Waals surface area contributed by atoms with Gasteiger partial charge < -0.3 is 10.2 Å². The van der Waals surface area contributed by atoms with Crippen molar-refractivity contribution in [2.75, 3.05) is 39.3 Å². The Morgan fingerprint density at radius 1 is 1.24 bits per heavy atom. The molecule has 2 N–H and O–H groups in total. The predicted octanol–water partition coefficient (Wildman–Crippen LogP) is 0.0956. The molecule has 5 nitrogen and oxygen atoms in total. The molecule has 0 aliphatic carbocycles. The average molecular weight is 244 g/mol. The third-order valence-corrected chi connectivity index (χ3v) is 3.61. The van der Waals surface area contributed by atoms with Gasteiger partial charge in [0.15, 0.2) is 0 Å². The predicted molar refractivity (Wildman–Crippen MR) is 66.0 cm³/mol. The molecule has 0 aromatic heterocycles. The first-order valence-electron chi connectivity index (χ1n) is 6.20. The summed E-state index contributed by atoms with van der Waals surface area (Å²) >= 11 is 0. The van der Waals surface area contributed by atoms with Crippen LogP contribution in [-0.2, 0) is 4.79 Å². The number of hydrogen-bond donors (Lipinski definition) is 2. The first-order chi connectivity index (χ1) is 7.81. The Bertz CT molecular complexity index is 258. The number of nitrogens with zero attached hydrogens (tertiary/aromatic N) is 2. The number of aliphatic carboxylic acids is 1. The van der Waals surface area contributed by atoms with E-state index < -0.39 is 11.6 Å². The molecule has 0 radical (unpaired) electrons. The van der Waals surface area contributed by atoms with Crippen molar-refractivity contribution in [1.29, 1.82) is 0 Å². The fraction of sp³-hybridized carbons (Fsp3) is 0.917. The van der Waals surface area contributed by atoms with Crippen LogP contribution in [-0.4, -0.2) is 70.9 Å². The van der Waals surface area contributed by atoms with Gasteiger partial charge in [0.05, 0.1) is 12.1 Å². The lowest BCUT2D eigenvalue weighted by atomic mass is 9.92. The van der Waals surface area contributed by atoms with E-state index in [9.17, 15) is 9.90 Å². The minimum absolute atomic E-state index is 0.119. The van der Waals surface area contributed by atoms with Crippen LogP contribution in [0.25, 0.3) is 0 Å². The smallest absolute Gasteiger partial charge is 0.317 e. The van der Waals surface area contributed by atoms with Crippen molar-refractivity contribution in [3.8, 4) is 0 Å². The molecule has 1 heterocycles. The van der Waals surface area contributed by atoms with Crippen LogP contribution in [0.5, 0.6) is 0 Å². The minimum atomic E-state index is -0.771. The molecule has 17 heavy (non-hydrogen) atoms. The Morgan fingerprint density at radius 3 is 2.12 bits per heavy atom. The summed E-state index contributed by atoms with van der Waals surface area (Å²) in [5.41, 5.74) is -0.672. The molecule has 0 amide bonds. The molecule has 1 aliphatic rings. The van der Waals surface area contributed by atoms with Gasteiger partial charge in [0, 0.05) is 32.7 Å². The van der Waals surface area contributed by atoms with Crippen LogP contribution in [0.4, 0.5) is 0 Å². The molecule has 1 atom stereocenters. The SMILES string of the molecule is CC(C)C(C)(O)CN1CCN(CC(=O)O)CC1. The zero-order valence-electron chi connectivity index (χ0n) is 11.0. The molecule has 0 saturated carbocycles. The molecule has 0 aromatic rings. The van der Waals surface area contributed by atoms with Gasteiger partial charge in [-0.25, -0.2) is 0 Å². The monoisotopic (exact) mass is 244 g/mol. The topological polar surface area (TPSA) is 64.0 Å². The zero-order chi connectivity index (χ0) is 13.1. The van der Waals surface area contributed by atoms with Crippen LogP contribution in [0.1, 0.15) is 20.8 Å². The lowest BCUT2D eigenvalue weighted by Gasteiger charge is -2.39. The summed E-state index contributed by atoms with van der Waals surface area (Å²) in [5.74, 6) is -0.549. The first kappa shape index (κ1) is 14.4. The molecule has 0 spiro atoms. The van der Waals surface area contributed by atoms with E-state index in [1.54, 1.807) is 0 Å². The van der Waals surface area contributed by atoms with Gasteiger partial charge in [-0.1, -0.05) is 13.8 Å². The number of carboxylic acids is 1. The van der Waals surface area contributed by atoms with E-state index in [2.05, 4.69) is 4.90 Å². The lowest BCUT2D eigenvalue weighted by molar-refractivity contribution is -0.138. The Balaban J connectivity index is 2.35. The van der Waals surface area contributed by atoms with Crippen molar-refractivity contribution >= 4 is 5.97 Å². The number of carboxylic acid groups (broad SMARTS) is 1. The van der Waals surface area contributed by atoms with E-state index in [0.29, 0.717) is 6.54 Å². The molecule has 1 rings (SSSR count). The maximum absolute atomic E-state index is 10.6. The van der Waals surface area contributed by atoms with Gasteiger partial charge in [-0.05, 0) is 12.8 Å². The largest absolute Gasteiger partial charge is 0.480 e. The number of rotatable bonds is 5. The van der Waals surface area contributed by atoms with Crippen molar-refractivity contribution in [3.05, 3.63) is 0 Å². The molecular formula is C12H24N2O3. The highest BCUT2D eigenvalue weighted by molar-refractivity contribution is 5.69. The normalized spacial score (nSPS) is 22.6. The maximum Gasteiger partial charge on any atom is 0.317 e. The van der Waals surface area contributed by atoms with E-state index >= 15 is 0 Å². The van der Waals surface area contributed by atoms with Crippen LogP contribution < -0.4 is 0 Å². The summed E-state index contributed by atoms with van der Waals surface area (Å²) in [6, 6.07) is 0. The molecule has 0 bridgehead atoms. The molecule has 100 valence electrons. The fourth-order valence-electron chi connectivity index (χ4n) is 1.93. The van der Waals surface area contributed by atoms with Crippen LogP contribution in [0.15, 0.2) is 0 Å². The number of aliphatic hydroxyl groups is 1. The Hall–Kier alpha value is -0.650. The highest BCUT2D eigenvalue weighted by Crippen LogP contribution is 2.18. The molecule has 0 aromatic carbocycles. The van der Waals surface area contributed by atoms with E-state index in [-0.39, 0.29) is 12.5 Å². The first-order valence-corrected chi connectivity index (χ1v) is 6.20. The summed E-state index contributed by atoms with van der Waals surface area (Å²) in [7, 11) is 0. The van der Waals surface area contributed by atoms with Crippen LogP contribution in [0.2, 0.25) is 0 Å². The summed E-state index contributed by atoms with van der Waals surface area (Å²) in [5, 5.41) is 18.9. The number of piperazine rings is 1. The third kappa shape index (κ3) is 4.61. The van der Waals surface area contributed by atoms with Gasteiger partial charge in [-0.15, -0.1) is 0 Å². The van der Waals surface area contributed by atoms with Gasteiger partial charge >= 0.3 is 5.97 Å². The van der Waals surface area contributed by atoms with Crippen molar-refractivity contribution < 1.29 is 15.0 Å². The lowest BCUT2D eigenvalue weighted by Crippen LogP contribution is -2.53. The Labute approximate surface area is 103 Å². The average Bonchev–Trinajstić information content (AvgIpc) is 2.19. The number of β-amino-alcohol motifs (C(OH)–C–C–N with tert-alkyl or cyclic N) is 1. The Morgan fingerprint density at radius 2 is 1.71 bits per heavy atom. The molecule has 5 heteroatoms. The number of hydrogen-bond acceptors (Lipinski definition) is 4. The highest BCUT2D eigenvalue weighted by Gasteiger charge is 2.29. The number of carbonyl (C=O) groups is 1. The van der Waals surface area contributed by atoms with Crippen LogP contribution >= 0.6 is 0 Å². The second-order valence-corrected chi connectivity index (χ2v) is 5.46. The molecule has 1 saturated heterocycles. The second kappa shape index (κ2) is 5.80. The Kier molecular flexibility index (Phi) is 4.91. The van der Waals surface area contributed by atoms with Crippen molar-refractivity contribution in [1.82, 2.24) is 9.80 Å². The summed E-state index contributed by atoms with van der Waals surface area (Å²) < 4.78 is 0.